The lowest BCUT2D eigenvalue weighted by atomic mass is 10.1. The largest absolute Gasteiger partial charge is 0.494 e. The second-order valence-electron chi connectivity index (χ2n) is 8.09. The Balaban J connectivity index is 1.38. The number of amides is 2. The second-order valence-corrected chi connectivity index (χ2v) is 9.09. The SMILES string of the molecule is Cc1nc(-c2ccccc2)sc1C(=O)N=NC(=O)c1ccc2c(O)n(Cc3ccccc3)c(O)c2c1. The molecule has 0 radical (unpaired) electrons. The Labute approximate surface area is 209 Å². The molecule has 0 aliphatic carbocycles. The molecule has 0 saturated heterocycles. The van der Waals surface area contributed by atoms with Gasteiger partial charge in [-0.25, -0.2) is 4.98 Å². The highest BCUT2D eigenvalue weighted by Gasteiger charge is 2.19. The number of nitrogens with zero attached hydrogens (tertiary/aromatic N) is 4. The van der Waals surface area contributed by atoms with Gasteiger partial charge in [-0.2, -0.15) is 0 Å². The normalized spacial score (nSPS) is 11.4. The van der Waals surface area contributed by atoms with Crippen LogP contribution in [0.4, 0.5) is 0 Å². The Morgan fingerprint density at radius 3 is 2.22 bits per heavy atom. The van der Waals surface area contributed by atoms with Crippen LogP contribution < -0.4 is 0 Å². The number of aromatic hydroxyl groups is 2. The summed E-state index contributed by atoms with van der Waals surface area (Å²) in [4.78, 5) is 30.0. The molecule has 0 bridgehead atoms. The molecule has 2 N–H and O–H groups in total. The van der Waals surface area contributed by atoms with Crippen LogP contribution in [0.1, 0.15) is 31.3 Å². The van der Waals surface area contributed by atoms with E-state index in [1.165, 1.54) is 34.1 Å². The van der Waals surface area contributed by atoms with E-state index in [0.717, 1.165) is 11.1 Å². The van der Waals surface area contributed by atoms with Crippen molar-refractivity contribution in [2.45, 2.75) is 13.5 Å². The number of azo groups is 1. The highest BCUT2D eigenvalue weighted by Crippen LogP contribution is 2.37. The van der Waals surface area contributed by atoms with Crippen LogP contribution >= 0.6 is 11.3 Å². The van der Waals surface area contributed by atoms with Crippen LogP contribution in [0.15, 0.2) is 89.1 Å². The van der Waals surface area contributed by atoms with Crippen LogP contribution in [0.25, 0.3) is 21.3 Å². The molecule has 0 unspecified atom stereocenters. The van der Waals surface area contributed by atoms with Gasteiger partial charge < -0.3 is 10.2 Å². The zero-order chi connectivity index (χ0) is 25.2. The first kappa shape index (κ1) is 23.1. The highest BCUT2D eigenvalue weighted by molar-refractivity contribution is 7.17. The van der Waals surface area contributed by atoms with Crippen LogP contribution in [0.3, 0.4) is 0 Å². The van der Waals surface area contributed by atoms with Gasteiger partial charge in [0.05, 0.1) is 12.2 Å². The summed E-state index contributed by atoms with van der Waals surface area (Å²) in [6, 6.07) is 23.2. The molecule has 9 heteroatoms. The number of aromatic nitrogens is 2. The Kier molecular flexibility index (Phi) is 6.14. The zero-order valence-electron chi connectivity index (χ0n) is 19.1. The second kappa shape index (κ2) is 9.55. The molecule has 3 aromatic carbocycles. The van der Waals surface area contributed by atoms with E-state index in [-0.39, 0.29) is 23.9 Å². The van der Waals surface area contributed by atoms with Gasteiger partial charge in [0.15, 0.2) is 0 Å². The predicted molar refractivity (Wildman–Crippen MR) is 137 cm³/mol. The number of aryl methyl sites for hydroxylation is 1. The smallest absolute Gasteiger partial charge is 0.307 e. The summed E-state index contributed by atoms with van der Waals surface area (Å²) in [5.74, 6) is -1.69. The molecule has 36 heavy (non-hydrogen) atoms. The number of carbonyl (C=O) groups excluding carboxylic acids is 2. The number of benzene rings is 3. The van der Waals surface area contributed by atoms with E-state index in [2.05, 4.69) is 15.2 Å². The Morgan fingerprint density at radius 1 is 0.861 bits per heavy atom. The van der Waals surface area contributed by atoms with Crippen molar-refractivity contribution < 1.29 is 19.8 Å². The number of rotatable bonds is 5. The third-order valence-electron chi connectivity index (χ3n) is 5.69. The molecule has 0 spiro atoms. The molecule has 8 nitrogen and oxygen atoms in total. The van der Waals surface area contributed by atoms with Crippen LogP contribution in [0.5, 0.6) is 11.8 Å². The van der Waals surface area contributed by atoms with Crippen LogP contribution in [-0.2, 0) is 6.54 Å². The van der Waals surface area contributed by atoms with Crippen molar-refractivity contribution in [3.63, 3.8) is 0 Å². The Bertz CT molecular complexity index is 1620. The van der Waals surface area contributed by atoms with Crippen LogP contribution in [0, 0.1) is 6.92 Å². The summed E-state index contributed by atoms with van der Waals surface area (Å²) < 4.78 is 1.36. The number of fused-ring (bicyclic) bond motifs is 1. The van der Waals surface area contributed by atoms with Crippen molar-refractivity contribution in [1.82, 2.24) is 9.55 Å². The van der Waals surface area contributed by atoms with Crippen molar-refractivity contribution in [3.05, 3.63) is 101 Å². The van der Waals surface area contributed by atoms with Crippen molar-refractivity contribution in [2.75, 3.05) is 0 Å². The average Bonchev–Trinajstić information content (AvgIpc) is 3.41. The fourth-order valence-electron chi connectivity index (χ4n) is 3.86. The Morgan fingerprint density at radius 2 is 1.50 bits per heavy atom. The summed E-state index contributed by atoms with van der Waals surface area (Å²) in [6.07, 6.45) is 0. The third-order valence-corrected chi connectivity index (χ3v) is 6.88. The monoisotopic (exact) mass is 496 g/mol. The van der Waals surface area contributed by atoms with Gasteiger partial charge in [-0.15, -0.1) is 21.6 Å². The van der Waals surface area contributed by atoms with E-state index in [9.17, 15) is 19.8 Å². The Hall–Kier alpha value is -4.63. The molecular formula is C27H20N4O4S. The van der Waals surface area contributed by atoms with E-state index < -0.39 is 11.8 Å². The number of thiazole rings is 1. The van der Waals surface area contributed by atoms with Gasteiger partial charge in [-0.1, -0.05) is 60.7 Å². The van der Waals surface area contributed by atoms with E-state index in [1.807, 2.05) is 60.7 Å². The van der Waals surface area contributed by atoms with Gasteiger partial charge in [0.25, 0.3) is 5.91 Å². The first-order valence-corrected chi connectivity index (χ1v) is 11.9. The molecule has 2 heterocycles. The lowest BCUT2D eigenvalue weighted by molar-refractivity contribution is 0.0948. The fourth-order valence-corrected chi connectivity index (χ4v) is 4.81. The maximum absolute atomic E-state index is 12.7. The molecule has 178 valence electrons. The molecule has 2 amide bonds. The fraction of sp³-hybridized carbons (Fsp3) is 0.0741. The zero-order valence-corrected chi connectivity index (χ0v) is 19.9. The average molecular weight is 497 g/mol. The van der Waals surface area contributed by atoms with Crippen molar-refractivity contribution >= 4 is 33.9 Å². The van der Waals surface area contributed by atoms with Crippen molar-refractivity contribution in [1.29, 1.82) is 0 Å². The molecule has 0 aliphatic heterocycles. The predicted octanol–water partition coefficient (Wildman–Crippen LogP) is 5.97. The molecular weight excluding hydrogens is 476 g/mol. The molecule has 5 aromatic rings. The minimum Gasteiger partial charge on any atom is -0.494 e. The molecule has 2 aromatic heterocycles. The van der Waals surface area contributed by atoms with Gasteiger partial charge in [0.2, 0.25) is 11.8 Å². The van der Waals surface area contributed by atoms with Gasteiger partial charge >= 0.3 is 5.91 Å². The van der Waals surface area contributed by atoms with Gasteiger partial charge in [0, 0.05) is 21.9 Å². The maximum atomic E-state index is 12.7. The van der Waals surface area contributed by atoms with Gasteiger partial charge in [0.1, 0.15) is 9.88 Å². The third kappa shape index (κ3) is 4.39. The number of carbonyl (C=O) groups is 2. The quantitative estimate of drug-likeness (QED) is 0.291. The lowest BCUT2D eigenvalue weighted by Gasteiger charge is -2.06. The van der Waals surface area contributed by atoms with Crippen LogP contribution in [-0.4, -0.2) is 31.6 Å². The summed E-state index contributed by atoms with van der Waals surface area (Å²) >= 11 is 1.19. The highest BCUT2D eigenvalue weighted by atomic mass is 32.1. The number of hydrogen-bond donors (Lipinski definition) is 2. The maximum Gasteiger partial charge on any atom is 0.307 e. The molecule has 0 atom stereocenters. The topological polar surface area (TPSA) is 117 Å². The van der Waals surface area contributed by atoms with E-state index in [1.54, 1.807) is 6.92 Å². The van der Waals surface area contributed by atoms with E-state index in [4.69, 9.17) is 0 Å². The van der Waals surface area contributed by atoms with E-state index in [0.29, 0.717) is 26.4 Å². The first-order valence-electron chi connectivity index (χ1n) is 11.0. The molecule has 0 saturated carbocycles. The first-order chi connectivity index (χ1) is 17.4. The van der Waals surface area contributed by atoms with E-state index >= 15 is 0 Å². The summed E-state index contributed by atoms with van der Waals surface area (Å²) in [5, 5.41) is 29.9. The molecule has 0 aliphatic rings. The standard InChI is InChI=1S/C27H20N4O4S/c1-16-22(36-25(28-16)18-10-6-3-7-11-18)24(33)30-29-23(32)19-12-13-20-21(14-19)27(35)31(26(20)34)15-17-8-4-2-5-9-17/h2-14,34-35H,15H2,1H3. The summed E-state index contributed by atoms with van der Waals surface area (Å²) in [5.41, 5.74) is 2.41. The minimum absolute atomic E-state index is 0.114. The molecule has 0 fully saturated rings. The van der Waals surface area contributed by atoms with Gasteiger partial charge in [-0.05, 0) is 30.7 Å². The summed E-state index contributed by atoms with van der Waals surface area (Å²) in [7, 11) is 0. The minimum atomic E-state index is -0.745. The lowest BCUT2D eigenvalue weighted by Crippen LogP contribution is -1.98. The van der Waals surface area contributed by atoms with Crippen molar-refractivity contribution in [2.24, 2.45) is 10.2 Å². The van der Waals surface area contributed by atoms with Crippen molar-refractivity contribution in [3.8, 4) is 22.3 Å². The van der Waals surface area contributed by atoms with Gasteiger partial charge in [-0.3, -0.25) is 14.2 Å². The summed E-state index contributed by atoms with van der Waals surface area (Å²) in [6.45, 7) is 1.96. The van der Waals surface area contributed by atoms with Crippen LogP contribution in [0.2, 0.25) is 0 Å². The number of hydrogen-bond acceptors (Lipinski definition) is 6. The molecule has 5 rings (SSSR count).